The molecule has 2 saturated carbocycles. The summed E-state index contributed by atoms with van der Waals surface area (Å²) >= 11 is 0. The molecule has 7 atom stereocenters. The van der Waals surface area contributed by atoms with E-state index in [1.165, 1.54) is 14.0 Å². The van der Waals surface area contributed by atoms with E-state index in [9.17, 15) is 19.2 Å². The highest BCUT2D eigenvalue weighted by atomic mass is 16.6. The molecule has 0 unspecified atom stereocenters. The smallest absolute Gasteiger partial charge is 0.310 e. The maximum absolute atomic E-state index is 14.2. The van der Waals surface area contributed by atoms with Gasteiger partial charge in [-0.3, -0.25) is 19.2 Å². The van der Waals surface area contributed by atoms with Crippen LogP contribution in [-0.4, -0.2) is 36.9 Å². The first kappa shape index (κ1) is 25.7. The van der Waals surface area contributed by atoms with Crippen molar-refractivity contribution < 1.29 is 37.8 Å². The van der Waals surface area contributed by atoms with E-state index >= 15 is 0 Å². The normalized spacial score (nSPS) is 38.3. The Bertz CT molecular complexity index is 1180. The third kappa shape index (κ3) is 3.62. The molecule has 0 aromatic carbocycles. The Labute approximate surface area is 217 Å². The molecule has 0 spiro atoms. The Morgan fingerprint density at radius 2 is 1.89 bits per heavy atom. The van der Waals surface area contributed by atoms with Crippen molar-refractivity contribution in [3.63, 3.8) is 0 Å². The fraction of sp³-hybridized carbons (Fsp3) is 0.655. The van der Waals surface area contributed by atoms with Gasteiger partial charge in [0, 0.05) is 35.2 Å². The van der Waals surface area contributed by atoms with Gasteiger partial charge in [-0.1, -0.05) is 33.3 Å². The van der Waals surface area contributed by atoms with E-state index in [2.05, 4.69) is 6.92 Å². The van der Waals surface area contributed by atoms with Crippen LogP contribution in [0.4, 0.5) is 0 Å². The number of hydrogen-bond acceptors (Lipinski definition) is 8. The van der Waals surface area contributed by atoms with Crippen LogP contribution in [0, 0.1) is 34.0 Å². The molecule has 2 bridgehead atoms. The molecule has 0 N–H and O–H groups in total. The summed E-state index contributed by atoms with van der Waals surface area (Å²) in [5.41, 5.74) is 0.968. The summed E-state index contributed by atoms with van der Waals surface area (Å²) in [6.45, 7) is 9.43. The van der Waals surface area contributed by atoms with Crippen LogP contribution in [0.2, 0.25) is 0 Å². The number of ether oxygens (including phenoxy) is 3. The SMILES string of the molecule is COC(=O)C[C@H]1C(C)(C)[C@H](OC(C)=O)[C@H]2CC3=C4CC(=O)O[C@@H](c5ccoc5)[C@]4(C)CC[C@@H]3[C@]1(C)C2=O. The quantitative estimate of drug-likeness (QED) is 0.324. The van der Waals surface area contributed by atoms with Crippen molar-refractivity contribution >= 4 is 23.7 Å². The van der Waals surface area contributed by atoms with Crippen molar-refractivity contribution in [1.82, 2.24) is 0 Å². The molecule has 3 fully saturated rings. The minimum atomic E-state index is -0.868. The van der Waals surface area contributed by atoms with Crippen molar-refractivity contribution in [1.29, 1.82) is 0 Å². The Hall–Kier alpha value is -2.90. The molecule has 1 aromatic heterocycles. The van der Waals surface area contributed by atoms with Crippen molar-refractivity contribution in [2.75, 3.05) is 7.11 Å². The van der Waals surface area contributed by atoms with Gasteiger partial charge < -0.3 is 18.6 Å². The van der Waals surface area contributed by atoms with Gasteiger partial charge >= 0.3 is 17.9 Å². The number of esters is 3. The lowest BCUT2D eigenvalue weighted by Crippen LogP contribution is -2.66. The lowest BCUT2D eigenvalue weighted by Gasteiger charge is -2.63. The standard InChI is InChI=1S/C29H36O8/c1-15(30)36-26-18-11-17-19(29(5,24(18)33)21(27(26,2)3)13-22(31)34-6)7-9-28(4)20(17)12-23(32)37-25(28)16-8-10-35-14-16/h8,10,14,18-19,21,25-26H,7,9,11-13H2,1-6H3/t18-,19-,21-,25-,26+,28+,29-/m0/s1. The molecule has 0 radical (unpaired) electrons. The zero-order valence-corrected chi connectivity index (χ0v) is 22.4. The van der Waals surface area contributed by atoms with Gasteiger partial charge in [0.25, 0.3) is 0 Å². The number of Topliss-reactive ketones (excluding diaryl/α,β-unsaturated/α-hetero) is 1. The summed E-state index contributed by atoms with van der Waals surface area (Å²) in [5, 5.41) is 0. The molecule has 3 aliphatic carbocycles. The van der Waals surface area contributed by atoms with Crippen molar-refractivity contribution in [3.05, 3.63) is 35.3 Å². The van der Waals surface area contributed by atoms with Crippen molar-refractivity contribution in [2.45, 2.75) is 78.9 Å². The fourth-order valence-electron chi connectivity index (χ4n) is 8.37. The maximum atomic E-state index is 14.2. The predicted octanol–water partition coefficient (Wildman–Crippen LogP) is 4.73. The van der Waals surface area contributed by atoms with Crippen LogP contribution in [0.3, 0.4) is 0 Å². The molecule has 0 amide bonds. The number of ketones is 1. The lowest BCUT2D eigenvalue weighted by molar-refractivity contribution is -0.197. The summed E-state index contributed by atoms with van der Waals surface area (Å²) in [6, 6.07) is 1.83. The van der Waals surface area contributed by atoms with Gasteiger partial charge in [-0.25, -0.2) is 0 Å². The average Bonchev–Trinajstić information content (AvgIpc) is 3.36. The van der Waals surface area contributed by atoms with Crippen LogP contribution < -0.4 is 0 Å². The molecule has 8 heteroatoms. The van der Waals surface area contributed by atoms with Gasteiger partial charge in [0.15, 0.2) is 0 Å². The molecule has 4 aliphatic rings. The first-order valence-corrected chi connectivity index (χ1v) is 13.1. The third-order valence-electron chi connectivity index (χ3n) is 10.1. The summed E-state index contributed by atoms with van der Waals surface area (Å²) in [6.07, 6.45) is 4.12. The van der Waals surface area contributed by atoms with Gasteiger partial charge in [0.2, 0.25) is 0 Å². The number of rotatable bonds is 4. The second-order valence-electron chi connectivity index (χ2n) is 12.3. The molecule has 5 rings (SSSR count). The maximum Gasteiger partial charge on any atom is 0.310 e. The number of carbonyl (C=O) groups excluding carboxylic acids is 4. The summed E-state index contributed by atoms with van der Waals surface area (Å²) in [5.74, 6) is -2.20. The highest BCUT2D eigenvalue weighted by Crippen LogP contribution is 2.68. The molecular formula is C29H36O8. The van der Waals surface area contributed by atoms with E-state index in [4.69, 9.17) is 18.6 Å². The predicted molar refractivity (Wildman–Crippen MR) is 131 cm³/mol. The number of fused-ring (bicyclic) bond motifs is 5. The van der Waals surface area contributed by atoms with Crippen molar-refractivity contribution in [2.24, 2.45) is 34.0 Å². The van der Waals surface area contributed by atoms with E-state index in [-0.39, 0.29) is 30.5 Å². The van der Waals surface area contributed by atoms with Crippen LogP contribution in [0.25, 0.3) is 0 Å². The fourth-order valence-corrected chi connectivity index (χ4v) is 8.37. The largest absolute Gasteiger partial charge is 0.472 e. The molecule has 1 aromatic rings. The van der Waals surface area contributed by atoms with Gasteiger partial charge in [-0.2, -0.15) is 0 Å². The zero-order valence-electron chi connectivity index (χ0n) is 22.4. The van der Waals surface area contributed by atoms with Crippen LogP contribution in [0.1, 0.15) is 78.4 Å². The highest BCUT2D eigenvalue weighted by molar-refractivity contribution is 5.92. The molecule has 1 aliphatic heterocycles. The number of allylic oxidation sites excluding steroid dienone is 1. The minimum Gasteiger partial charge on any atom is -0.472 e. The number of furan rings is 1. The lowest BCUT2D eigenvalue weighted by atomic mass is 9.40. The van der Waals surface area contributed by atoms with Gasteiger partial charge in [-0.15, -0.1) is 0 Å². The second kappa shape index (κ2) is 8.57. The first-order valence-electron chi connectivity index (χ1n) is 13.1. The van der Waals surface area contributed by atoms with Crippen LogP contribution in [-0.2, 0) is 33.4 Å². The van der Waals surface area contributed by atoms with E-state index in [0.29, 0.717) is 6.42 Å². The average molecular weight is 513 g/mol. The molecular weight excluding hydrogens is 476 g/mol. The molecule has 37 heavy (non-hydrogen) atoms. The molecule has 1 saturated heterocycles. The molecule has 2 heterocycles. The first-order chi connectivity index (χ1) is 17.4. The van der Waals surface area contributed by atoms with E-state index in [1.54, 1.807) is 12.5 Å². The number of hydrogen-bond donors (Lipinski definition) is 0. The van der Waals surface area contributed by atoms with Gasteiger partial charge in [0.1, 0.15) is 18.0 Å². The highest BCUT2D eigenvalue weighted by Gasteiger charge is 2.68. The zero-order chi connectivity index (χ0) is 26.9. The molecule has 8 nitrogen and oxygen atoms in total. The van der Waals surface area contributed by atoms with E-state index in [0.717, 1.165) is 29.6 Å². The van der Waals surface area contributed by atoms with Gasteiger partial charge in [0.05, 0.1) is 32.0 Å². The van der Waals surface area contributed by atoms with E-state index in [1.807, 2.05) is 26.8 Å². The summed E-state index contributed by atoms with van der Waals surface area (Å²) in [4.78, 5) is 52.0. The topological polar surface area (TPSA) is 109 Å². The second-order valence-corrected chi connectivity index (χ2v) is 12.3. The molecule has 200 valence electrons. The Morgan fingerprint density at radius 3 is 2.51 bits per heavy atom. The number of cyclic esters (lactones) is 1. The summed E-state index contributed by atoms with van der Waals surface area (Å²) in [7, 11) is 1.35. The monoisotopic (exact) mass is 512 g/mol. The number of methoxy groups -OCH3 is 1. The van der Waals surface area contributed by atoms with Gasteiger partial charge in [-0.05, 0) is 42.7 Å². The van der Waals surface area contributed by atoms with Crippen LogP contribution >= 0.6 is 0 Å². The van der Waals surface area contributed by atoms with E-state index < -0.39 is 52.2 Å². The van der Waals surface area contributed by atoms with Crippen molar-refractivity contribution in [3.8, 4) is 0 Å². The summed E-state index contributed by atoms with van der Waals surface area (Å²) < 4.78 is 22.1. The van der Waals surface area contributed by atoms with Crippen LogP contribution in [0.15, 0.2) is 34.2 Å². The Morgan fingerprint density at radius 1 is 1.16 bits per heavy atom. The Kier molecular flexibility index (Phi) is 5.96. The third-order valence-corrected chi connectivity index (χ3v) is 10.1. The minimum absolute atomic E-state index is 0.0368. The number of carbonyl (C=O) groups is 4. The van der Waals surface area contributed by atoms with Crippen LogP contribution in [0.5, 0.6) is 0 Å². The Balaban J connectivity index is 1.69.